The van der Waals surface area contributed by atoms with Gasteiger partial charge in [-0.1, -0.05) is 0 Å². The van der Waals surface area contributed by atoms with E-state index in [1.807, 2.05) is 13.8 Å². The van der Waals surface area contributed by atoms with Crippen LogP contribution < -0.4 is 14.8 Å². The molecular weight excluding hydrogens is 258 g/mol. The van der Waals surface area contributed by atoms with E-state index in [9.17, 15) is 0 Å². The van der Waals surface area contributed by atoms with Gasteiger partial charge in [-0.25, -0.2) is 0 Å². The molecule has 1 fully saturated rings. The summed E-state index contributed by atoms with van der Waals surface area (Å²) in [6.07, 6.45) is 2.57. The van der Waals surface area contributed by atoms with E-state index in [-0.39, 0.29) is 0 Å². The first kappa shape index (κ1) is 14.8. The summed E-state index contributed by atoms with van der Waals surface area (Å²) in [6.45, 7) is 8.95. The summed E-state index contributed by atoms with van der Waals surface area (Å²) in [7, 11) is 0. The number of hydrogen-bond acceptors (Lipinski definition) is 7. The molecule has 1 aliphatic heterocycles. The molecule has 0 saturated carbocycles. The molecule has 1 saturated heterocycles. The van der Waals surface area contributed by atoms with Crippen LogP contribution in [-0.2, 0) is 0 Å². The van der Waals surface area contributed by atoms with Gasteiger partial charge in [0, 0.05) is 13.1 Å². The van der Waals surface area contributed by atoms with E-state index < -0.39 is 0 Å². The molecule has 112 valence electrons. The van der Waals surface area contributed by atoms with Gasteiger partial charge >= 0.3 is 12.0 Å². The van der Waals surface area contributed by atoms with E-state index >= 15 is 0 Å². The second-order valence-corrected chi connectivity index (χ2v) is 4.58. The van der Waals surface area contributed by atoms with Gasteiger partial charge in [0.25, 0.3) is 0 Å². The summed E-state index contributed by atoms with van der Waals surface area (Å²) in [5.41, 5.74) is 0. The fraction of sp³-hybridized carbons (Fsp3) is 0.769. The van der Waals surface area contributed by atoms with Crippen molar-refractivity contribution in [2.24, 2.45) is 0 Å². The van der Waals surface area contributed by atoms with Crippen molar-refractivity contribution in [1.29, 1.82) is 0 Å². The van der Waals surface area contributed by atoms with E-state index in [1.165, 1.54) is 12.8 Å². The maximum absolute atomic E-state index is 5.62. The third-order valence-corrected chi connectivity index (χ3v) is 3.04. The monoisotopic (exact) mass is 281 g/mol. The van der Waals surface area contributed by atoms with E-state index in [0.29, 0.717) is 31.2 Å². The first-order valence-electron chi connectivity index (χ1n) is 7.29. The van der Waals surface area contributed by atoms with Crippen molar-refractivity contribution in [3.8, 4) is 12.0 Å². The van der Waals surface area contributed by atoms with Crippen LogP contribution in [0.15, 0.2) is 0 Å². The van der Waals surface area contributed by atoms with Crippen molar-refractivity contribution in [2.75, 3.05) is 44.7 Å². The molecule has 1 N–H and O–H groups in total. The minimum Gasteiger partial charge on any atom is -0.464 e. The standard InChI is InChI=1S/C13H23N5O2/c1-3-14-11-15-12(19-4-2)17-13(16-11)20-10-9-18-7-5-6-8-18/h3-10H2,1-2H3,(H,14,15,16,17). The molecule has 1 aliphatic rings. The van der Waals surface area contributed by atoms with E-state index in [4.69, 9.17) is 9.47 Å². The summed E-state index contributed by atoms with van der Waals surface area (Å²) in [6, 6.07) is 0.619. The zero-order valence-corrected chi connectivity index (χ0v) is 12.3. The van der Waals surface area contributed by atoms with Gasteiger partial charge in [0.15, 0.2) is 0 Å². The largest absolute Gasteiger partial charge is 0.464 e. The summed E-state index contributed by atoms with van der Waals surface area (Å²) >= 11 is 0. The number of nitrogens with one attached hydrogen (secondary N) is 1. The van der Waals surface area contributed by atoms with Gasteiger partial charge in [-0.15, -0.1) is 4.98 Å². The smallest absolute Gasteiger partial charge is 0.324 e. The second-order valence-electron chi connectivity index (χ2n) is 4.58. The van der Waals surface area contributed by atoms with Gasteiger partial charge in [-0.3, -0.25) is 4.90 Å². The maximum atomic E-state index is 5.62. The van der Waals surface area contributed by atoms with Crippen LogP contribution in [0.25, 0.3) is 0 Å². The Hall–Kier alpha value is -1.63. The van der Waals surface area contributed by atoms with E-state index in [0.717, 1.165) is 26.2 Å². The van der Waals surface area contributed by atoms with Crippen LogP contribution in [0.4, 0.5) is 5.95 Å². The van der Waals surface area contributed by atoms with Crippen LogP contribution in [0, 0.1) is 0 Å². The Labute approximate surface area is 119 Å². The highest BCUT2D eigenvalue weighted by atomic mass is 16.5. The fourth-order valence-electron chi connectivity index (χ4n) is 2.11. The van der Waals surface area contributed by atoms with Crippen LogP contribution >= 0.6 is 0 Å². The minimum absolute atomic E-state index is 0.301. The Morgan fingerprint density at radius 2 is 1.75 bits per heavy atom. The maximum Gasteiger partial charge on any atom is 0.324 e. The van der Waals surface area contributed by atoms with Crippen molar-refractivity contribution in [1.82, 2.24) is 19.9 Å². The lowest BCUT2D eigenvalue weighted by atomic mass is 10.4. The minimum atomic E-state index is 0.301. The molecule has 20 heavy (non-hydrogen) atoms. The van der Waals surface area contributed by atoms with Crippen molar-refractivity contribution in [3.63, 3.8) is 0 Å². The Morgan fingerprint density at radius 1 is 1.05 bits per heavy atom. The fourth-order valence-corrected chi connectivity index (χ4v) is 2.11. The molecule has 1 aromatic heterocycles. The van der Waals surface area contributed by atoms with Crippen LogP contribution in [0.3, 0.4) is 0 Å². The predicted molar refractivity (Wildman–Crippen MR) is 76.3 cm³/mol. The molecule has 0 spiro atoms. The van der Waals surface area contributed by atoms with Gasteiger partial charge in [0.2, 0.25) is 5.95 Å². The molecule has 7 heteroatoms. The van der Waals surface area contributed by atoms with E-state index in [2.05, 4.69) is 25.2 Å². The summed E-state index contributed by atoms with van der Waals surface area (Å²) < 4.78 is 10.9. The molecule has 0 amide bonds. The normalized spacial score (nSPS) is 15.3. The summed E-state index contributed by atoms with van der Waals surface area (Å²) in [4.78, 5) is 14.9. The SMILES string of the molecule is CCNc1nc(OCC)nc(OCCN2CCCC2)n1. The lowest BCUT2D eigenvalue weighted by Gasteiger charge is -2.14. The number of rotatable bonds is 8. The lowest BCUT2D eigenvalue weighted by molar-refractivity contribution is 0.220. The van der Waals surface area contributed by atoms with Crippen LogP contribution in [0.1, 0.15) is 26.7 Å². The Bertz CT molecular complexity index is 385. The number of anilines is 1. The summed E-state index contributed by atoms with van der Waals surface area (Å²) in [5, 5.41) is 3.05. The van der Waals surface area contributed by atoms with Gasteiger partial charge in [-0.2, -0.15) is 9.97 Å². The van der Waals surface area contributed by atoms with Gasteiger partial charge in [-0.05, 0) is 39.8 Å². The highest BCUT2D eigenvalue weighted by Crippen LogP contribution is 2.13. The zero-order valence-electron chi connectivity index (χ0n) is 12.3. The van der Waals surface area contributed by atoms with Crippen LogP contribution in [0.5, 0.6) is 12.0 Å². The molecule has 7 nitrogen and oxygen atoms in total. The molecule has 0 aliphatic carbocycles. The molecule has 2 heterocycles. The van der Waals surface area contributed by atoms with Crippen molar-refractivity contribution < 1.29 is 9.47 Å². The number of nitrogens with zero attached hydrogens (tertiary/aromatic N) is 4. The highest BCUT2D eigenvalue weighted by Gasteiger charge is 2.12. The third kappa shape index (κ3) is 4.48. The average molecular weight is 281 g/mol. The number of aromatic nitrogens is 3. The molecular formula is C13H23N5O2. The van der Waals surface area contributed by atoms with Crippen molar-refractivity contribution in [3.05, 3.63) is 0 Å². The second kappa shape index (κ2) is 7.84. The van der Waals surface area contributed by atoms with Crippen LogP contribution in [-0.4, -0.2) is 59.2 Å². The quantitative estimate of drug-likeness (QED) is 0.767. The average Bonchev–Trinajstić information content (AvgIpc) is 2.92. The van der Waals surface area contributed by atoms with Gasteiger partial charge < -0.3 is 14.8 Å². The highest BCUT2D eigenvalue weighted by molar-refractivity contribution is 5.27. The Morgan fingerprint density at radius 3 is 2.40 bits per heavy atom. The topological polar surface area (TPSA) is 72.4 Å². The number of ether oxygens (including phenoxy) is 2. The molecule has 1 aromatic rings. The Kier molecular flexibility index (Phi) is 5.79. The van der Waals surface area contributed by atoms with Gasteiger partial charge in [0.05, 0.1) is 6.61 Å². The summed E-state index contributed by atoms with van der Waals surface area (Å²) in [5.74, 6) is 0.488. The molecule has 2 rings (SSSR count). The molecule has 0 radical (unpaired) electrons. The van der Waals surface area contributed by atoms with E-state index in [1.54, 1.807) is 0 Å². The van der Waals surface area contributed by atoms with Gasteiger partial charge in [0.1, 0.15) is 6.61 Å². The zero-order chi connectivity index (χ0) is 14.2. The number of likely N-dealkylation sites (tertiary alicyclic amines) is 1. The van der Waals surface area contributed by atoms with Crippen molar-refractivity contribution in [2.45, 2.75) is 26.7 Å². The predicted octanol–water partition coefficient (Wildman–Crippen LogP) is 1.18. The molecule has 0 atom stereocenters. The first-order valence-corrected chi connectivity index (χ1v) is 7.29. The third-order valence-electron chi connectivity index (χ3n) is 3.04. The number of hydrogen-bond donors (Lipinski definition) is 1. The Balaban J connectivity index is 1.90. The molecule has 0 unspecified atom stereocenters. The van der Waals surface area contributed by atoms with Crippen LogP contribution in [0.2, 0.25) is 0 Å². The van der Waals surface area contributed by atoms with Crippen molar-refractivity contribution >= 4 is 5.95 Å². The lowest BCUT2D eigenvalue weighted by Crippen LogP contribution is -2.25. The molecule has 0 aromatic carbocycles. The molecule has 0 bridgehead atoms. The first-order chi connectivity index (χ1) is 9.81.